The van der Waals surface area contributed by atoms with Crippen LogP contribution in [0.25, 0.3) is 0 Å². The highest BCUT2D eigenvalue weighted by atomic mass is 32.2. The molecule has 2 rings (SSSR count). The third kappa shape index (κ3) is 3.84. The van der Waals surface area contributed by atoms with Crippen molar-refractivity contribution >= 4 is 15.9 Å². The van der Waals surface area contributed by atoms with Crippen molar-refractivity contribution in [3.63, 3.8) is 0 Å². The summed E-state index contributed by atoms with van der Waals surface area (Å²) in [4.78, 5) is 12.3. The van der Waals surface area contributed by atoms with Crippen molar-refractivity contribution in [2.75, 3.05) is 20.6 Å². The van der Waals surface area contributed by atoms with Crippen molar-refractivity contribution in [2.24, 2.45) is 5.73 Å². The second kappa shape index (κ2) is 7.16. The number of carbonyl (C=O) groups is 1. The summed E-state index contributed by atoms with van der Waals surface area (Å²) in [5.41, 5.74) is 7.11. The lowest BCUT2D eigenvalue weighted by Crippen LogP contribution is -2.32. The molecule has 0 bridgehead atoms. The Morgan fingerprint density at radius 3 is 2.50 bits per heavy atom. The van der Waals surface area contributed by atoms with E-state index in [2.05, 4.69) is 5.32 Å². The van der Waals surface area contributed by atoms with Gasteiger partial charge in [0.05, 0.1) is 5.56 Å². The molecule has 0 aliphatic heterocycles. The van der Waals surface area contributed by atoms with Crippen molar-refractivity contribution < 1.29 is 17.6 Å². The molecule has 0 saturated carbocycles. The van der Waals surface area contributed by atoms with Crippen LogP contribution in [0.5, 0.6) is 0 Å². The fourth-order valence-corrected chi connectivity index (χ4v) is 2.96. The summed E-state index contributed by atoms with van der Waals surface area (Å²) in [5, 5.41) is 2.44. The van der Waals surface area contributed by atoms with Crippen molar-refractivity contribution in [3.8, 4) is 0 Å². The Bertz CT molecular complexity index is 813. The second-order valence-corrected chi connectivity index (χ2v) is 7.63. The molecular formula is C16H21N3O4S. The number of rotatable bonds is 6. The molecule has 2 aromatic rings. The highest BCUT2D eigenvalue weighted by Gasteiger charge is 2.25. The van der Waals surface area contributed by atoms with Crippen LogP contribution in [-0.4, -0.2) is 39.3 Å². The van der Waals surface area contributed by atoms with Gasteiger partial charge < -0.3 is 15.5 Å². The van der Waals surface area contributed by atoms with E-state index in [-0.39, 0.29) is 29.0 Å². The topological polar surface area (TPSA) is 106 Å². The summed E-state index contributed by atoms with van der Waals surface area (Å²) < 4.78 is 30.4. The van der Waals surface area contributed by atoms with E-state index in [0.717, 1.165) is 9.87 Å². The number of amides is 1. The van der Waals surface area contributed by atoms with Crippen LogP contribution in [0.3, 0.4) is 0 Å². The van der Waals surface area contributed by atoms with E-state index in [9.17, 15) is 13.2 Å². The average molecular weight is 351 g/mol. The summed E-state index contributed by atoms with van der Waals surface area (Å²) in [5.74, 6) is -0.191. The lowest BCUT2D eigenvalue weighted by Gasteiger charge is -2.12. The van der Waals surface area contributed by atoms with E-state index < -0.39 is 15.9 Å². The third-order valence-corrected chi connectivity index (χ3v) is 5.26. The number of hydrogen-bond donors (Lipinski definition) is 2. The van der Waals surface area contributed by atoms with Crippen LogP contribution in [0.15, 0.2) is 45.9 Å². The first-order valence-corrected chi connectivity index (χ1v) is 8.79. The molecule has 0 spiro atoms. The van der Waals surface area contributed by atoms with Crippen LogP contribution in [0, 0.1) is 6.92 Å². The molecule has 1 aromatic carbocycles. The van der Waals surface area contributed by atoms with E-state index in [1.807, 2.05) is 30.3 Å². The number of furan rings is 1. The maximum absolute atomic E-state index is 12.3. The van der Waals surface area contributed by atoms with Gasteiger partial charge in [-0.15, -0.1) is 0 Å². The standard InChI is InChI=1S/C16H21N3O4S/c1-11-13(9-15(23-11)24(21,22)19(2)3)16(20)18-10-14(17)12-7-5-4-6-8-12/h4-9,14H,10,17H2,1-3H3,(H,18,20). The van der Waals surface area contributed by atoms with Gasteiger partial charge in [-0.2, -0.15) is 0 Å². The van der Waals surface area contributed by atoms with Gasteiger partial charge in [-0.25, -0.2) is 12.7 Å². The normalized spacial score (nSPS) is 13.0. The molecule has 0 aliphatic carbocycles. The number of carbonyl (C=O) groups excluding carboxylic acids is 1. The quantitative estimate of drug-likeness (QED) is 0.815. The summed E-state index contributed by atoms with van der Waals surface area (Å²) in [6.45, 7) is 1.77. The van der Waals surface area contributed by atoms with Gasteiger partial charge in [-0.3, -0.25) is 4.79 Å². The minimum absolute atomic E-state index is 0.177. The Morgan fingerprint density at radius 1 is 1.29 bits per heavy atom. The predicted molar refractivity (Wildman–Crippen MR) is 90.0 cm³/mol. The summed E-state index contributed by atoms with van der Waals surface area (Å²) in [7, 11) is -0.935. The summed E-state index contributed by atoms with van der Waals surface area (Å²) >= 11 is 0. The molecule has 3 N–H and O–H groups in total. The van der Waals surface area contributed by atoms with Crippen molar-refractivity contribution in [2.45, 2.75) is 18.1 Å². The number of hydrogen-bond acceptors (Lipinski definition) is 5. The summed E-state index contributed by atoms with van der Waals surface area (Å²) in [6, 6.07) is 10.3. The predicted octanol–water partition coefficient (Wildman–Crippen LogP) is 1.27. The van der Waals surface area contributed by atoms with E-state index in [4.69, 9.17) is 10.2 Å². The van der Waals surface area contributed by atoms with Gasteiger partial charge in [0.2, 0.25) is 5.09 Å². The summed E-state index contributed by atoms with van der Waals surface area (Å²) in [6.07, 6.45) is 0. The van der Waals surface area contributed by atoms with Crippen LogP contribution < -0.4 is 11.1 Å². The van der Waals surface area contributed by atoms with E-state index >= 15 is 0 Å². The van der Waals surface area contributed by atoms with E-state index in [1.54, 1.807) is 6.92 Å². The zero-order chi connectivity index (χ0) is 17.9. The number of sulfonamides is 1. The highest BCUT2D eigenvalue weighted by molar-refractivity contribution is 7.88. The van der Waals surface area contributed by atoms with Crippen LogP contribution in [0.1, 0.15) is 27.7 Å². The van der Waals surface area contributed by atoms with Gasteiger partial charge in [0.15, 0.2) is 0 Å². The second-order valence-electron chi connectivity index (χ2n) is 5.55. The van der Waals surface area contributed by atoms with Crippen LogP contribution in [0.4, 0.5) is 0 Å². The van der Waals surface area contributed by atoms with Crippen molar-refractivity contribution in [1.82, 2.24) is 9.62 Å². The maximum Gasteiger partial charge on any atom is 0.275 e. The minimum Gasteiger partial charge on any atom is -0.448 e. The first-order chi connectivity index (χ1) is 11.2. The zero-order valence-corrected chi connectivity index (χ0v) is 14.6. The highest BCUT2D eigenvalue weighted by Crippen LogP contribution is 2.21. The molecule has 7 nitrogen and oxygen atoms in total. The number of nitrogens with one attached hydrogen (secondary N) is 1. The smallest absolute Gasteiger partial charge is 0.275 e. The molecule has 1 aromatic heterocycles. The SMILES string of the molecule is Cc1oc(S(=O)(=O)N(C)C)cc1C(=O)NCC(N)c1ccccc1. The average Bonchev–Trinajstić information content (AvgIpc) is 2.95. The Labute approximate surface area is 141 Å². The van der Waals surface area contributed by atoms with Gasteiger partial charge in [0.25, 0.3) is 15.9 Å². The molecule has 0 fully saturated rings. The fraction of sp³-hybridized carbons (Fsp3) is 0.312. The molecule has 1 atom stereocenters. The van der Waals surface area contributed by atoms with Gasteiger partial charge in [-0.1, -0.05) is 30.3 Å². The molecule has 24 heavy (non-hydrogen) atoms. The Kier molecular flexibility index (Phi) is 5.43. The molecule has 1 amide bonds. The largest absolute Gasteiger partial charge is 0.448 e. The van der Waals surface area contributed by atoms with Crippen LogP contribution in [0.2, 0.25) is 0 Å². The molecule has 0 aliphatic rings. The third-order valence-electron chi connectivity index (χ3n) is 3.59. The minimum atomic E-state index is -3.72. The van der Waals surface area contributed by atoms with E-state index in [1.165, 1.54) is 20.2 Å². The van der Waals surface area contributed by atoms with Gasteiger partial charge in [-0.05, 0) is 12.5 Å². The molecular weight excluding hydrogens is 330 g/mol. The number of aryl methyl sites for hydroxylation is 1. The van der Waals surface area contributed by atoms with E-state index in [0.29, 0.717) is 0 Å². The molecule has 0 saturated heterocycles. The molecule has 1 heterocycles. The Balaban J connectivity index is 2.10. The van der Waals surface area contributed by atoms with Gasteiger partial charge >= 0.3 is 0 Å². The van der Waals surface area contributed by atoms with Crippen molar-refractivity contribution in [3.05, 3.63) is 53.3 Å². The molecule has 0 radical (unpaired) electrons. The lowest BCUT2D eigenvalue weighted by atomic mass is 10.1. The molecule has 130 valence electrons. The number of benzene rings is 1. The lowest BCUT2D eigenvalue weighted by molar-refractivity contribution is 0.0949. The molecule has 8 heteroatoms. The first-order valence-electron chi connectivity index (χ1n) is 7.35. The monoisotopic (exact) mass is 351 g/mol. The number of nitrogens with two attached hydrogens (primary N) is 1. The maximum atomic E-state index is 12.3. The van der Waals surface area contributed by atoms with Gasteiger partial charge in [0.1, 0.15) is 5.76 Å². The van der Waals surface area contributed by atoms with Crippen LogP contribution in [-0.2, 0) is 10.0 Å². The zero-order valence-electron chi connectivity index (χ0n) is 13.8. The number of nitrogens with zero attached hydrogens (tertiary/aromatic N) is 1. The Morgan fingerprint density at radius 2 is 1.92 bits per heavy atom. The molecule has 1 unspecified atom stereocenters. The Hall–Kier alpha value is -2.16. The van der Waals surface area contributed by atoms with Crippen LogP contribution >= 0.6 is 0 Å². The fourth-order valence-electron chi connectivity index (χ4n) is 2.10. The van der Waals surface area contributed by atoms with Gasteiger partial charge in [0, 0.05) is 32.7 Å². The van der Waals surface area contributed by atoms with Crippen molar-refractivity contribution in [1.29, 1.82) is 0 Å². The first kappa shape index (κ1) is 18.2.